The summed E-state index contributed by atoms with van der Waals surface area (Å²) in [6.07, 6.45) is 0. The van der Waals surface area contributed by atoms with Gasteiger partial charge in [0.05, 0.1) is 5.56 Å². The number of hydrogen-bond acceptors (Lipinski definition) is 1. The van der Waals surface area contributed by atoms with Gasteiger partial charge in [0.1, 0.15) is 0 Å². The largest absolute Gasteiger partial charge is 0.478 e. The standard InChI is InChI=1S/C14H11BrO2/c15-9-11-7-4-8-12(13(11)14(16)17)10-5-2-1-3-6-10/h1-8H,9H2,(H,16,17). The van der Waals surface area contributed by atoms with Gasteiger partial charge in [-0.1, -0.05) is 64.5 Å². The summed E-state index contributed by atoms with van der Waals surface area (Å²) in [4.78, 5) is 11.4. The van der Waals surface area contributed by atoms with Gasteiger partial charge in [-0.2, -0.15) is 0 Å². The fraction of sp³-hybridized carbons (Fsp3) is 0.0714. The van der Waals surface area contributed by atoms with Crippen molar-refractivity contribution >= 4 is 21.9 Å². The minimum Gasteiger partial charge on any atom is -0.478 e. The predicted octanol–water partition coefficient (Wildman–Crippen LogP) is 3.95. The second-order valence-corrected chi connectivity index (χ2v) is 4.21. The van der Waals surface area contributed by atoms with E-state index in [1.807, 2.05) is 48.5 Å². The smallest absolute Gasteiger partial charge is 0.336 e. The molecule has 0 atom stereocenters. The van der Waals surface area contributed by atoms with Gasteiger partial charge in [-0.15, -0.1) is 0 Å². The number of rotatable bonds is 3. The van der Waals surface area contributed by atoms with Crippen LogP contribution in [0.25, 0.3) is 11.1 Å². The Morgan fingerprint density at radius 3 is 2.35 bits per heavy atom. The summed E-state index contributed by atoms with van der Waals surface area (Å²) in [5.41, 5.74) is 2.84. The number of carboxylic acid groups (broad SMARTS) is 1. The zero-order valence-electron chi connectivity index (χ0n) is 9.06. The van der Waals surface area contributed by atoms with Gasteiger partial charge in [0.15, 0.2) is 0 Å². The molecule has 3 heteroatoms. The monoisotopic (exact) mass is 290 g/mol. The van der Waals surface area contributed by atoms with Gasteiger partial charge in [-0.25, -0.2) is 4.79 Å². The van der Waals surface area contributed by atoms with Crippen molar-refractivity contribution in [2.75, 3.05) is 0 Å². The van der Waals surface area contributed by atoms with Crippen LogP contribution in [-0.2, 0) is 5.33 Å². The Kier molecular flexibility index (Phi) is 3.59. The normalized spacial score (nSPS) is 10.2. The molecular formula is C14H11BrO2. The summed E-state index contributed by atoms with van der Waals surface area (Å²) in [5.74, 6) is -0.890. The summed E-state index contributed by atoms with van der Waals surface area (Å²) in [6.45, 7) is 0. The fourth-order valence-electron chi connectivity index (χ4n) is 1.82. The predicted molar refractivity (Wildman–Crippen MR) is 71.5 cm³/mol. The number of alkyl halides is 1. The second-order valence-electron chi connectivity index (χ2n) is 3.64. The van der Waals surface area contributed by atoms with Crippen molar-refractivity contribution in [1.29, 1.82) is 0 Å². The van der Waals surface area contributed by atoms with Crippen molar-refractivity contribution < 1.29 is 9.90 Å². The molecule has 0 saturated heterocycles. The third-order valence-corrected chi connectivity index (χ3v) is 3.20. The summed E-state index contributed by atoms with van der Waals surface area (Å²) in [7, 11) is 0. The molecule has 0 aliphatic rings. The van der Waals surface area contributed by atoms with E-state index >= 15 is 0 Å². The van der Waals surface area contributed by atoms with E-state index in [1.165, 1.54) is 0 Å². The van der Waals surface area contributed by atoms with Crippen molar-refractivity contribution in [3.63, 3.8) is 0 Å². The maximum absolute atomic E-state index is 11.4. The lowest BCUT2D eigenvalue weighted by Gasteiger charge is -2.09. The Morgan fingerprint density at radius 1 is 1.06 bits per heavy atom. The van der Waals surface area contributed by atoms with Gasteiger partial charge in [-0.05, 0) is 16.7 Å². The van der Waals surface area contributed by atoms with E-state index in [0.29, 0.717) is 10.9 Å². The number of benzene rings is 2. The fourth-order valence-corrected chi connectivity index (χ4v) is 2.29. The van der Waals surface area contributed by atoms with Crippen LogP contribution in [-0.4, -0.2) is 11.1 Å². The van der Waals surface area contributed by atoms with E-state index in [-0.39, 0.29) is 0 Å². The first-order valence-electron chi connectivity index (χ1n) is 5.20. The van der Waals surface area contributed by atoms with Gasteiger partial charge in [-0.3, -0.25) is 0 Å². The molecule has 1 N–H and O–H groups in total. The van der Waals surface area contributed by atoms with Crippen molar-refractivity contribution in [1.82, 2.24) is 0 Å². The highest BCUT2D eigenvalue weighted by atomic mass is 79.9. The van der Waals surface area contributed by atoms with Crippen LogP contribution in [0, 0.1) is 0 Å². The molecule has 0 saturated carbocycles. The molecule has 0 radical (unpaired) electrons. The quantitative estimate of drug-likeness (QED) is 0.869. The van der Waals surface area contributed by atoms with Gasteiger partial charge < -0.3 is 5.11 Å². The van der Waals surface area contributed by atoms with Crippen LogP contribution in [0.3, 0.4) is 0 Å². The lowest BCUT2D eigenvalue weighted by atomic mass is 9.96. The zero-order chi connectivity index (χ0) is 12.3. The molecule has 0 fully saturated rings. The van der Waals surface area contributed by atoms with Crippen LogP contribution in [0.1, 0.15) is 15.9 Å². The molecule has 2 aromatic carbocycles. The molecule has 17 heavy (non-hydrogen) atoms. The van der Waals surface area contributed by atoms with Crippen molar-refractivity contribution in [3.05, 3.63) is 59.7 Å². The van der Waals surface area contributed by atoms with Gasteiger partial charge in [0, 0.05) is 5.33 Å². The molecular weight excluding hydrogens is 280 g/mol. The van der Waals surface area contributed by atoms with E-state index in [9.17, 15) is 9.90 Å². The molecule has 0 unspecified atom stereocenters. The Labute approximate surface area is 108 Å². The Bertz CT molecular complexity index is 535. The van der Waals surface area contributed by atoms with Gasteiger partial charge in [0.2, 0.25) is 0 Å². The van der Waals surface area contributed by atoms with Crippen LogP contribution < -0.4 is 0 Å². The molecule has 0 aliphatic carbocycles. The maximum atomic E-state index is 11.4. The van der Waals surface area contributed by atoms with Crippen molar-refractivity contribution in [2.45, 2.75) is 5.33 Å². The van der Waals surface area contributed by atoms with Gasteiger partial charge >= 0.3 is 5.97 Å². The van der Waals surface area contributed by atoms with E-state index in [0.717, 1.165) is 16.7 Å². The first kappa shape index (κ1) is 11.9. The molecule has 0 amide bonds. The second kappa shape index (κ2) is 5.15. The molecule has 0 aromatic heterocycles. The number of aromatic carboxylic acids is 1. The lowest BCUT2D eigenvalue weighted by molar-refractivity contribution is 0.0697. The summed E-state index contributed by atoms with van der Waals surface area (Å²) in [6, 6.07) is 15.1. The molecule has 2 rings (SSSR count). The number of carboxylic acids is 1. The van der Waals surface area contributed by atoms with E-state index < -0.39 is 5.97 Å². The average Bonchev–Trinajstić information content (AvgIpc) is 2.38. The molecule has 2 aromatic rings. The van der Waals surface area contributed by atoms with Crippen LogP contribution in [0.4, 0.5) is 0 Å². The Hall–Kier alpha value is -1.61. The zero-order valence-corrected chi connectivity index (χ0v) is 10.6. The Balaban J connectivity index is 2.66. The minimum atomic E-state index is -0.890. The first-order valence-corrected chi connectivity index (χ1v) is 6.32. The van der Waals surface area contributed by atoms with E-state index in [4.69, 9.17) is 0 Å². The van der Waals surface area contributed by atoms with Crippen molar-refractivity contribution in [2.24, 2.45) is 0 Å². The van der Waals surface area contributed by atoms with Crippen molar-refractivity contribution in [3.8, 4) is 11.1 Å². The first-order chi connectivity index (χ1) is 8.24. The topological polar surface area (TPSA) is 37.3 Å². The van der Waals surface area contributed by atoms with Gasteiger partial charge in [0.25, 0.3) is 0 Å². The highest BCUT2D eigenvalue weighted by Gasteiger charge is 2.15. The molecule has 0 spiro atoms. The molecule has 86 valence electrons. The SMILES string of the molecule is O=C(O)c1c(CBr)cccc1-c1ccccc1. The summed E-state index contributed by atoms with van der Waals surface area (Å²) >= 11 is 3.32. The molecule has 0 heterocycles. The third-order valence-electron chi connectivity index (χ3n) is 2.59. The number of hydrogen-bond donors (Lipinski definition) is 1. The highest BCUT2D eigenvalue weighted by Crippen LogP contribution is 2.27. The van der Waals surface area contributed by atoms with Crippen LogP contribution in [0.15, 0.2) is 48.5 Å². The lowest BCUT2D eigenvalue weighted by Crippen LogP contribution is -2.03. The molecule has 0 bridgehead atoms. The Morgan fingerprint density at radius 2 is 1.76 bits per heavy atom. The summed E-state index contributed by atoms with van der Waals surface area (Å²) < 4.78 is 0. The number of carbonyl (C=O) groups is 1. The minimum absolute atomic E-state index is 0.371. The van der Waals surface area contributed by atoms with Crippen LogP contribution in [0.5, 0.6) is 0 Å². The van der Waals surface area contributed by atoms with Crippen LogP contribution in [0.2, 0.25) is 0 Å². The molecule has 2 nitrogen and oxygen atoms in total. The van der Waals surface area contributed by atoms with E-state index in [2.05, 4.69) is 15.9 Å². The number of halogens is 1. The maximum Gasteiger partial charge on any atom is 0.336 e. The average molecular weight is 291 g/mol. The van der Waals surface area contributed by atoms with Crippen LogP contribution >= 0.6 is 15.9 Å². The molecule has 0 aliphatic heterocycles. The summed E-state index contributed by atoms with van der Waals surface area (Å²) in [5, 5.41) is 9.86. The highest BCUT2D eigenvalue weighted by molar-refractivity contribution is 9.08. The van der Waals surface area contributed by atoms with E-state index in [1.54, 1.807) is 0 Å². The third kappa shape index (κ3) is 2.39.